The van der Waals surface area contributed by atoms with Crippen molar-refractivity contribution in [2.45, 2.75) is 25.9 Å². The van der Waals surface area contributed by atoms with Crippen molar-refractivity contribution in [3.8, 4) is 0 Å². The number of anilines is 1. The van der Waals surface area contributed by atoms with Crippen LogP contribution in [0.2, 0.25) is 0 Å². The van der Waals surface area contributed by atoms with Gasteiger partial charge in [-0.3, -0.25) is 0 Å². The summed E-state index contributed by atoms with van der Waals surface area (Å²) in [5, 5.41) is 3.40. The summed E-state index contributed by atoms with van der Waals surface area (Å²) in [5.74, 6) is 0.710. The van der Waals surface area contributed by atoms with Gasteiger partial charge in [-0.1, -0.05) is 18.2 Å². The molecule has 0 radical (unpaired) electrons. The van der Waals surface area contributed by atoms with Crippen molar-refractivity contribution >= 4 is 5.82 Å². The van der Waals surface area contributed by atoms with Crippen molar-refractivity contribution < 1.29 is 4.39 Å². The first-order valence-electron chi connectivity index (χ1n) is 8.02. The monoisotopic (exact) mass is 316 g/mol. The van der Waals surface area contributed by atoms with Crippen molar-refractivity contribution in [2.24, 2.45) is 5.73 Å². The van der Waals surface area contributed by atoms with Gasteiger partial charge in [-0.25, -0.2) is 9.37 Å². The Morgan fingerprint density at radius 3 is 2.61 bits per heavy atom. The molecule has 0 bridgehead atoms. The summed E-state index contributed by atoms with van der Waals surface area (Å²) in [6.07, 6.45) is 2.75. The van der Waals surface area contributed by atoms with E-state index in [2.05, 4.69) is 15.2 Å². The Balaban J connectivity index is 1.94. The first kappa shape index (κ1) is 17.4. The molecule has 0 fully saturated rings. The van der Waals surface area contributed by atoms with E-state index < -0.39 is 0 Å². The highest BCUT2D eigenvalue weighted by molar-refractivity contribution is 5.39. The van der Waals surface area contributed by atoms with Crippen molar-refractivity contribution in [2.75, 3.05) is 24.5 Å². The van der Waals surface area contributed by atoms with E-state index in [1.807, 2.05) is 37.3 Å². The summed E-state index contributed by atoms with van der Waals surface area (Å²) >= 11 is 0. The molecular formula is C18H25FN4. The smallest absolute Gasteiger partial charge is 0.128 e. The Morgan fingerprint density at radius 2 is 1.96 bits per heavy atom. The molecule has 23 heavy (non-hydrogen) atoms. The highest BCUT2D eigenvalue weighted by atomic mass is 19.1. The highest BCUT2D eigenvalue weighted by Crippen LogP contribution is 2.14. The third-order valence-corrected chi connectivity index (χ3v) is 3.59. The first-order valence-corrected chi connectivity index (χ1v) is 8.02. The summed E-state index contributed by atoms with van der Waals surface area (Å²) in [7, 11) is 0. The van der Waals surface area contributed by atoms with Crippen LogP contribution in [-0.2, 0) is 6.54 Å². The number of aromatic nitrogens is 1. The van der Waals surface area contributed by atoms with Gasteiger partial charge >= 0.3 is 0 Å². The number of hydrogen-bond donors (Lipinski definition) is 2. The third-order valence-electron chi connectivity index (χ3n) is 3.59. The molecule has 0 saturated heterocycles. The number of hydrogen-bond acceptors (Lipinski definition) is 4. The van der Waals surface area contributed by atoms with Crippen molar-refractivity contribution in [1.82, 2.24) is 10.3 Å². The van der Waals surface area contributed by atoms with E-state index >= 15 is 0 Å². The fourth-order valence-electron chi connectivity index (χ4n) is 2.29. The largest absolute Gasteiger partial charge is 0.351 e. The van der Waals surface area contributed by atoms with Crippen molar-refractivity contribution in [1.29, 1.82) is 0 Å². The van der Waals surface area contributed by atoms with E-state index in [1.165, 1.54) is 12.1 Å². The summed E-state index contributed by atoms with van der Waals surface area (Å²) in [5.41, 5.74) is 6.81. The second-order valence-corrected chi connectivity index (χ2v) is 5.75. The molecule has 2 aromatic rings. The van der Waals surface area contributed by atoms with E-state index in [9.17, 15) is 4.39 Å². The summed E-state index contributed by atoms with van der Waals surface area (Å²) in [6.45, 7) is 5.30. The minimum atomic E-state index is -0.212. The van der Waals surface area contributed by atoms with Gasteiger partial charge in [-0.2, -0.15) is 0 Å². The maximum Gasteiger partial charge on any atom is 0.128 e. The molecule has 2 rings (SSSR count). The lowest BCUT2D eigenvalue weighted by Crippen LogP contribution is -2.34. The molecule has 3 N–H and O–H groups in total. The molecule has 0 aliphatic heterocycles. The fourth-order valence-corrected chi connectivity index (χ4v) is 2.29. The zero-order valence-electron chi connectivity index (χ0n) is 13.6. The molecule has 1 unspecified atom stereocenters. The van der Waals surface area contributed by atoms with Gasteiger partial charge in [0.05, 0.1) is 0 Å². The van der Waals surface area contributed by atoms with Crippen molar-refractivity contribution in [3.05, 3.63) is 60.0 Å². The van der Waals surface area contributed by atoms with Gasteiger partial charge in [0.2, 0.25) is 0 Å². The topological polar surface area (TPSA) is 54.2 Å². The van der Waals surface area contributed by atoms with Crippen LogP contribution in [0.1, 0.15) is 18.9 Å². The summed E-state index contributed by atoms with van der Waals surface area (Å²) in [6, 6.07) is 12.7. The predicted molar refractivity (Wildman–Crippen MR) is 92.8 cm³/mol. The molecule has 0 saturated carbocycles. The molecule has 0 amide bonds. The molecule has 5 heteroatoms. The molecule has 124 valence electrons. The second kappa shape index (κ2) is 9.22. The number of halogens is 1. The zero-order valence-corrected chi connectivity index (χ0v) is 13.6. The lowest BCUT2D eigenvalue weighted by atomic mass is 10.2. The molecule has 0 spiro atoms. The van der Waals surface area contributed by atoms with Crippen LogP contribution < -0.4 is 16.0 Å². The molecule has 0 aliphatic carbocycles. The molecule has 1 aromatic heterocycles. The van der Waals surface area contributed by atoms with Crippen molar-refractivity contribution in [3.63, 3.8) is 0 Å². The second-order valence-electron chi connectivity index (χ2n) is 5.75. The summed E-state index contributed by atoms with van der Waals surface area (Å²) in [4.78, 5) is 6.61. The Kier molecular flexibility index (Phi) is 6.97. The minimum absolute atomic E-state index is 0.212. The van der Waals surface area contributed by atoms with Gasteiger partial charge in [0.15, 0.2) is 0 Å². The van der Waals surface area contributed by atoms with Gasteiger partial charge in [0.1, 0.15) is 11.6 Å². The van der Waals surface area contributed by atoms with Gasteiger partial charge in [-0.15, -0.1) is 0 Å². The third kappa shape index (κ3) is 6.34. The molecule has 0 aliphatic rings. The van der Waals surface area contributed by atoms with Crippen LogP contribution in [-0.4, -0.2) is 30.7 Å². The average Bonchev–Trinajstić information content (AvgIpc) is 2.56. The van der Waals surface area contributed by atoms with E-state index in [0.717, 1.165) is 37.4 Å². The van der Waals surface area contributed by atoms with Crippen LogP contribution in [0.5, 0.6) is 0 Å². The van der Waals surface area contributed by atoms with Crippen LogP contribution in [0.3, 0.4) is 0 Å². The Bertz CT molecular complexity index is 557. The Morgan fingerprint density at radius 1 is 1.17 bits per heavy atom. The molecule has 4 nitrogen and oxygen atoms in total. The Labute approximate surface area is 137 Å². The molecule has 1 aromatic carbocycles. The van der Waals surface area contributed by atoms with Crippen LogP contribution >= 0.6 is 0 Å². The van der Waals surface area contributed by atoms with Crippen LogP contribution in [0.4, 0.5) is 10.2 Å². The summed E-state index contributed by atoms with van der Waals surface area (Å²) < 4.78 is 13.1. The standard InChI is InChI=1S/C18H25FN4/c1-15(20)9-11-21-12-13-23(18-4-2-3-10-22-18)14-16-5-7-17(19)8-6-16/h2-8,10,15,21H,9,11-14,20H2,1H3. The predicted octanol–water partition coefficient (Wildman–Crippen LogP) is 2.55. The first-order chi connectivity index (χ1) is 11.1. The maximum absolute atomic E-state index is 13.1. The molecular weight excluding hydrogens is 291 g/mol. The quantitative estimate of drug-likeness (QED) is 0.698. The number of nitrogens with zero attached hydrogens (tertiary/aromatic N) is 2. The number of benzene rings is 1. The number of nitrogens with two attached hydrogens (primary N) is 1. The van der Waals surface area contributed by atoms with Gasteiger partial charge in [0, 0.05) is 31.9 Å². The van der Waals surface area contributed by atoms with E-state index in [4.69, 9.17) is 5.73 Å². The lowest BCUT2D eigenvalue weighted by Gasteiger charge is -2.24. The number of pyridine rings is 1. The fraction of sp³-hybridized carbons (Fsp3) is 0.389. The lowest BCUT2D eigenvalue weighted by molar-refractivity contribution is 0.582. The minimum Gasteiger partial charge on any atom is -0.351 e. The average molecular weight is 316 g/mol. The zero-order chi connectivity index (χ0) is 16.5. The molecule has 1 heterocycles. The SMILES string of the molecule is CC(N)CCNCCN(Cc1ccc(F)cc1)c1ccccn1. The normalized spacial score (nSPS) is 12.1. The van der Waals surface area contributed by atoms with E-state index in [-0.39, 0.29) is 11.9 Å². The van der Waals surface area contributed by atoms with Gasteiger partial charge in [-0.05, 0) is 49.7 Å². The Hall–Kier alpha value is -1.98. The number of rotatable bonds is 9. The number of nitrogens with one attached hydrogen (secondary N) is 1. The van der Waals surface area contributed by atoms with Gasteiger partial charge < -0.3 is 16.0 Å². The van der Waals surface area contributed by atoms with Crippen LogP contribution in [0, 0.1) is 5.82 Å². The molecule has 1 atom stereocenters. The van der Waals surface area contributed by atoms with Crippen LogP contribution in [0.25, 0.3) is 0 Å². The highest BCUT2D eigenvalue weighted by Gasteiger charge is 2.08. The van der Waals surface area contributed by atoms with E-state index in [1.54, 1.807) is 6.20 Å². The van der Waals surface area contributed by atoms with Crippen LogP contribution in [0.15, 0.2) is 48.7 Å². The maximum atomic E-state index is 13.1. The van der Waals surface area contributed by atoms with E-state index in [0.29, 0.717) is 6.54 Å². The van der Waals surface area contributed by atoms with Gasteiger partial charge in [0.25, 0.3) is 0 Å².